The first-order valence-electron chi connectivity index (χ1n) is 9.76. The van der Waals surface area contributed by atoms with Crippen molar-refractivity contribution in [3.63, 3.8) is 0 Å². The summed E-state index contributed by atoms with van der Waals surface area (Å²) in [4.78, 5) is 17.2. The predicted molar refractivity (Wildman–Crippen MR) is 111 cm³/mol. The summed E-state index contributed by atoms with van der Waals surface area (Å²) in [5.74, 6) is 0.122. The molecule has 0 saturated carbocycles. The highest BCUT2D eigenvalue weighted by atomic mass is 16.2. The summed E-state index contributed by atoms with van der Waals surface area (Å²) in [6, 6.07) is 18.2. The van der Waals surface area contributed by atoms with E-state index in [2.05, 4.69) is 28.3 Å². The molecule has 0 radical (unpaired) electrons. The van der Waals surface area contributed by atoms with Crippen molar-refractivity contribution in [2.75, 3.05) is 26.2 Å². The van der Waals surface area contributed by atoms with E-state index < -0.39 is 0 Å². The summed E-state index contributed by atoms with van der Waals surface area (Å²) < 4.78 is 1.86. The molecular weight excluding hydrogens is 348 g/mol. The van der Waals surface area contributed by atoms with Crippen molar-refractivity contribution in [2.45, 2.75) is 13.5 Å². The van der Waals surface area contributed by atoms with E-state index in [0.29, 0.717) is 0 Å². The molecule has 1 saturated heterocycles. The average Bonchev–Trinajstić information content (AvgIpc) is 3.05. The molecule has 0 bridgehead atoms. The van der Waals surface area contributed by atoms with Gasteiger partial charge in [-0.3, -0.25) is 14.4 Å². The van der Waals surface area contributed by atoms with Gasteiger partial charge in [0.2, 0.25) is 0 Å². The minimum absolute atomic E-state index is 0.122. The monoisotopic (exact) mass is 374 g/mol. The second-order valence-corrected chi connectivity index (χ2v) is 7.43. The lowest BCUT2D eigenvalue weighted by Crippen LogP contribution is -2.48. The summed E-state index contributed by atoms with van der Waals surface area (Å²) >= 11 is 0. The summed E-state index contributed by atoms with van der Waals surface area (Å²) in [7, 11) is 1.95. The van der Waals surface area contributed by atoms with Gasteiger partial charge in [0.25, 0.3) is 5.91 Å². The Hall–Kier alpha value is -2.92. The number of hydrogen-bond acceptors (Lipinski definition) is 3. The lowest BCUT2D eigenvalue weighted by atomic mass is 10.0. The van der Waals surface area contributed by atoms with Crippen LogP contribution in [0.5, 0.6) is 0 Å². The van der Waals surface area contributed by atoms with E-state index in [-0.39, 0.29) is 5.91 Å². The van der Waals surface area contributed by atoms with E-state index >= 15 is 0 Å². The molecule has 5 nitrogen and oxygen atoms in total. The Bertz CT molecular complexity index is 938. The third kappa shape index (κ3) is 3.99. The zero-order valence-corrected chi connectivity index (χ0v) is 16.5. The average molecular weight is 374 g/mol. The number of amides is 1. The third-order valence-electron chi connectivity index (χ3n) is 5.41. The van der Waals surface area contributed by atoms with Crippen LogP contribution in [0.4, 0.5) is 0 Å². The van der Waals surface area contributed by atoms with E-state index in [0.717, 1.165) is 49.5 Å². The van der Waals surface area contributed by atoms with Crippen LogP contribution in [-0.2, 0) is 13.6 Å². The topological polar surface area (TPSA) is 41.4 Å². The zero-order chi connectivity index (χ0) is 19.5. The largest absolute Gasteiger partial charge is 0.336 e. The second kappa shape index (κ2) is 7.98. The van der Waals surface area contributed by atoms with Gasteiger partial charge in [-0.05, 0) is 30.2 Å². The van der Waals surface area contributed by atoms with Gasteiger partial charge in [0.05, 0.1) is 5.69 Å². The predicted octanol–water partition coefficient (Wildman–Crippen LogP) is 3.35. The number of benzene rings is 2. The molecule has 0 atom stereocenters. The molecule has 0 unspecified atom stereocenters. The van der Waals surface area contributed by atoms with Crippen LogP contribution in [0.2, 0.25) is 0 Å². The van der Waals surface area contributed by atoms with E-state index in [1.54, 1.807) is 0 Å². The van der Waals surface area contributed by atoms with Crippen LogP contribution in [0.15, 0.2) is 60.8 Å². The van der Waals surface area contributed by atoms with Crippen molar-refractivity contribution in [2.24, 2.45) is 7.05 Å². The zero-order valence-electron chi connectivity index (χ0n) is 16.5. The number of hydrogen-bond donors (Lipinski definition) is 0. The smallest absolute Gasteiger partial charge is 0.253 e. The number of aryl methyl sites for hydroxylation is 2. The van der Waals surface area contributed by atoms with Gasteiger partial charge >= 0.3 is 0 Å². The Morgan fingerprint density at radius 2 is 1.57 bits per heavy atom. The molecule has 1 amide bonds. The normalized spacial score (nSPS) is 15.0. The summed E-state index contributed by atoms with van der Waals surface area (Å²) in [5.41, 5.74) is 5.41. The molecule has 1 fully saturated rings. The van der Waals surface area contributed by atoms with Gasteiger partial charge < -0.3 is 4.90 Å². The Morgan fingerprint density at radius 3 is 2.18 bits per heavy atom. The fourth-order valence-electron chi connectivity index (χ4n) is 3.77. The van der Waals surface area contributed by atoms with Gasteiger partial charge in [-0.15, -0.1) is 0 Å². The number of rotatable bonds is 4. The van der Waals surface area contributed by atoms with Crippen molar-refractivity contribution in [1.82, 2.24) is 19.6 Å². The van der Waals surface area contributed by atoms with Crippen molar-refractivity contribution in [3.05, 3.63) is 77.6 Å². The van der Waals surface area contributed by atoms with E-state index in [1.165, 1.54) is 11.1 Å². The van der Waals surface area contributed by atoms with Gasteiger partial charge in [0, 0.05) is 57.1 Å². The summed E-state index contributed by atoms with van der Waals surface area (Å²) in [5, 5.41) is 4.41. The Kier molecular flexibility index (Phi) is 5.26. The highest BCUT2D eigenvalue weighted by molar-refractivity contribution is 5.94. The molecule has 0 spiro atoms. The van der Waals surface area contributed by atoms with Crippen molar-refractivity contribution < 1.29 is 4.79 Å². The second-order valence-electron chi connectivity index (χ2n) is 7.43. The minimum atomic E-state index is 0.122. The number of nitrogens with zero attached hydrogens (tertiary/aromatic N) is 4. The quantitative estimate of drug-likeness (QED) is 0.703. The SMILES string of the molecule is Cc1nn(C)cc1CN1CCN(C(=O)c2ccc(-c3ccccc3)cc2)CC1. The van der Waals surface area contributed by atoms with Crippen LogP contribution in [-0.4, -0.2) is 51.7 Å². The minimum Gasteiger partial charge on any atom is -0.336 e. The number of aromatic nitrogens is 2. The van der Waals surface area contributed by atoms with Crippen LogP contribution in [0, 0.1) is 6.92 Å². The van der Waals surface area contributed by atoms with Crippen molar-refractivity contribution in [3.8, 4) is 11.1 Å². The third-order valence-corrected chi connectivity index (χ3v) is 5.41. The first-order valence-corrected chi connectivity index (χ1v) is 9.76. The van der Waals surface area contributed by atoms with Gasteiger partial charge in [-0.1, -0.05) is 42.5 Å². The van der Waals surface area contributed by atoms with Crippen LogP contribution >= 0.6 is 0 Å². The number of carbonyl (C=O) groups is 1. The fraction of sp³-hybridized carbons (Fsp3) is 0.304. The highest BCUT2D eigenvalue weighted by Crippen LogP contribution is 2.20. The molecule has 5 heteroatoms. The lowest BCUT2D eigenvalue weighted by molar-refractivity contribution is 0.0628. The lowest BCUT2D eigenvalue weighted by Gasteiger charge is -2.34. The Balaban J connectivity index is 1.35. The fourth-order valence-corrected chi connectivity index (χ4v) is 3.77. The van der Waals surface area contributed by atoms with Gasteiger partial charge in [-0.25, -0.2) is 0 Å². The molecule has 28 heavy (non-hydrogen) atoms. The molecule has 1 aliphatic heterocycles. The van der Waals surface area contributed by atoms with Gasteiger partial charge in [0.1, 0.15) is 0 Å². The van der Waals surface area contributed by atoms with Crippen molar-refractivity contribution in [1.29, 1.82) is 0 Å². The van der Waals surface area contributed by atoms with E-state index in [4.69, 9.17) is 0 Å². The van der Waals surface area contributed by atoms with Crippen molar-refractivity contribution >= 4 is 5.91 Å². The van der Waals surface area contributed by atoms with Gasteiger partial charge in [-0.2, -0.15) is 5.10 Å². The van der Waals surface area contributed by atoms with Crippen LogP contribution in [0.25, 0.3) is 11.1 Å². The molecule has 2 aromatic carbocycles. The maximum absolute atomic E-state index is 12.9. The van der Waals surface area contributed by atoms with Gasteiger partial charge in [0.15, 0.2) is 0 Å². The van der Waals surface area contributed by atoms with E-state index in [1.807, 2.05) is 66.0 Å². The molecule has 0 aliphatic carbocycles. The Labute approximate surface area is 166 Å². The summed E-state index contributed by atoms with van der Waals surface area (Å²) in [6.45, 7) is 6.25. The number of piperazine rings is 1. The molecule has 4 rings (SSSR count). The molecule has 2 heterocycles. The molecule has 144 valence electrons. The van der Waals surface area contributed by atoms with Crippen LogP contribution in [0.1, 0.15) is 21.6 Å². The highest BCUT2D eigenvalue weighted by Gasteiger charge is 2.22. The maximum Gasteiger partial charge on any atom is 0.253 e. The van der Waals surface area contributed by atoms with Crippen LogP contribution in [0.3, 0.4) is 0 Å². The standard InChI is InChI=1S/C23H26N4O/c1-18-22(16-25(2)24-18)17-26-12-14-27(15-13-26)23(28)21-10-8-20(9-11-21)19-6-4-3-5-7-19/h3-11,16H,12-15,17H2,1-2H3. The number of carbonyl (C=O) groups excluding carboxylic acids is 1. The first kappa shape index (κ1) is 18.4. The Morgan fingerprint density at radius 1 is 0.929 bits per heavy atom. The first-order chi connectivity index (χ1) is 13.6. The molecule has 3 aromatic rings. The van der Waals surface area contributed by atoms with Crippen LogP contribution < -0.4 is 0 Å². The maximum atomic E-state index is 12.9. The molecule has 0 N–H and O–H groups in total. The molecule has 1 aromatic heterocycles. The molecular formula is C23H26N4O. The molecule has 1 aliphatic rings. The van der Waals surface area contributed by atoms with E-state index in [9.17, 15) is 4.79 Å². The summed E-state index contributed by atoms with van der Waals surface area (Å²) in [6.07, 6.45) is 2.08.